The molecule has 0 saturated carbocycles. The van der Waals surface area contributed by atoms with Crippen molar-refractivity contribution in [1.82, 2.24) is 0 Å². The van der Waals surface area contributed by atoms with E-state index in [0.717, 1.165) is 16.9 Å². The number of hydrogen-bond donors (Lipinski definition) is 2. The van der Waals surface area contributed by atoms with E-state index < -0.39 is 0 Å². The van der Waals surface area contributed by atoms with E-state index >= 15 is 0 Å². The Morgan fingerprint density at radius 2 is 1.90 bits per heavy atom. The molecule has 2 rings (SSSR count). The summed E-state index contributed by atoms with van der Waals surface area (Å²) in [4.78, 5) is 0. The molecule has 0 bridgehead atoms. The van der Waals surface area contributed by atoms with Crippen LogP contribution in [-0.2, 0) is 6.61 Å². The number of nitrogen functional groups attached to an aromatic ring is 1. The largest absolute Gasteiger partial charge is 0.508 e. The Morgan fingerprint density at radius 3 is 2.60 bits per heavy atom. The summed E-state index contributed by atoms with van der Waals surface area (Å²) in [7, 11) is 0. The van der Waals surface area contributed by atoms with Crippen LogP contribution in [0.3, 0.4) is 0 Å². The third kappa shape index (κ3) is 3.15. The van der Waals surface area contributed by atoms with Gasteiger partial charge in [-0.2, -0.15) is 0 Å². The minimum absolute atomic E-state index is 0.226. The van der Waals surface area contributed by atoms with E-state index in [4.69, 9.17) is 15.2 Å². The van der Waals surface area contributed by atoms with Crippen molar-refractivity contribution in [3.63, 3.8) is 0 Å². The quantitative estimate of drug-likeness (QED) is 0.821. The molecule has 4 nitrogen and oxygen atoms in total. The van der Waals surface area contributed by atoms with Crippen molar-refractivity contribution >= 4 is 5.69 Å². The van der Waals surface area contributed by atoms with Gasteiger partial charge in [0.1, 0.15) is 23.9 Å². The molecule has 106 valence electrons. The molecule has 0 saturated heterocycles. The Hall–Kier alpha value is -2.36. The van der Waals surface area contributed by atoms with Crippen molar-refractivity contribution in [2.45, 2.75) is 20.5 Å². The molecular weight excluding hydrogens is 254 g/mol. The van der Waals surface area contributed by atoms with Crippen molar-refractivity contribution in [3.05, 3.63) is 47.5 Å². The van der Waals surface area contributed by atoms with Crippen molar-refractivity contribution in [3.8, 4) is 17.2 Å². The molecule has 4 heteroatoms. The lowest BCUT2D eigenvalue weighted by molar-refractivity contribution is 0.285. The zero-order valence-corrected chi connectivity index (χ0v) is 11.7. The zero-order valence-electron chi connectivity index (χ0n) is 11.7. The third-order valence-electron chi connectivity index (χ3n) is 3.00. The number of anilines is 1. The summed E-state index contributed by atoms with van der Waals surface area (Å²) in [5.74, 6) is 1.68. The second-order valence-corrected chi connectivity index (χ2v) is 4.50. The van der Waals surface area contributed by atoms with Gasteiger partial charge in [-0.1, -0.05) is 6.07 Å². The number of aromatic hydroxyl groups is 1. The summed E-state index contributed by atoms with van der Waals surface area (Å²) in [5.41, 5.74) is 8.33. The highest BCUT2D eigenvalue weighted by molar-refractivity contribution is 5.54. The molecule has 0 fully saturated rings. The van der Waals surface area contributed by atoms with Gasteiger partial charge < -0.3 is 20.3 Å². The van der Waals surface area contributed by atoms with Crippen LogP contribution in [0, 0.1) is 6.92 Å². The van der Waals surface area contributed by atoms with Gasteiger partial charge in [-0.3, -0.25) is 0 Å². The molecule has 0 aliphatic carbocycles. The molecule has 2 aromatic carbocycles. The highest BCUT2D eigenvalue weighted by Crippen LogP contribution is 2.28. The van der Waals surface area contributed by atoms with Gasteiger partial charge in [0, 0.05) is 5.69 Å². The molecule has 0 spiro atoms. The van der Waals surface area contributed by atoms with Crippen LogP contribution in [0.1, 0.15) is 18.1 Å². The average Bonchev–Trinajstić information content (AvgIpc) is 2.40. The number of phenols is 1. The SMILES string of the molecule is CCOc1cccc(N)c1COc1ccc(O)cc1C. The van der Waals surface area contributed by atoms with Gasteiger partial charge in [-0.25, -0.2) is 0 Å². The van der Waals surface area contributed by atoms with E-state index in [2.05, 4.69) is 0 Å². The lowest BCUT2D eigenvalue weighted by Gasteiger charge is -2.14. The molecule has 0 heterocycles. The van der Waals surface area contributed by atoms with Crippen molar-refractivity contribution < 1.29 is 14.6 Å². The fourth-order valence-corrected chi connectivity index (χ4v) is 1.97. The van der Waals surface area contributed by atoms with Crippen LogP contribution < -0.4 is 15.2 Å². The Labute approximate surface area is 118 Å². The lowest BCUT2D eigenvalue weighted by Crippen LogP contribution is -2.05. The van der Waals surface area contributed by atoms with Gasteiger partial charge in [0.15, 0.2) is 0 Å². The average molecular weight is 273 g/mol. The minimum Gasteiger partial charge on any atom is -0.508 e. The Kier molecular flexibility index (Phi) is 4.35. The van der Waals surface area contributed by atoms with Gasteiger partial charge in [0.2, 0.25) is 0 Å². The molecule has 0 aliphatic rings. The summed E-state index contributed by atoms with van der Waals surface area (Å²) in [6, 6.07) is 10.6. The molecule has 2 aromatic rings. The topological polar surface area (TPSA) is 64.7 Å². The summed E-state index contributed by atoms with van der Waals surface area (Å²) >= 11 is 0. The van der Waals surface area contributed by atoms with Gasteiger partial charge in [-0.05, 0) is 49.7 Å². The molecule has 0 atom stereocenters. The second-order valence-electron chi connectivity index (χ2n) is 4.50. The fraction of sp³-hybridized carbons (Fsp3) is 0.250. The number of benzene rings is 2. The number of aryl methyl sites for hydroxylation is 1. The van der Waals surface area contributed by atoms with Crippen LogP contribution in [0.15, 0.2) is 36.4 Å². The number of phenolic OH excluding ortho intramolecular Hbond substituents is 1. The van der Waals surface area contributed by atoms with Gasteiger partial charge >= 0.3 is 0 Å². The van der Waals surface area contributed by atoms with E-state index in [0.29, 0.717) is 24.7 Å². The first-order valence-electron chi connectivity index (χ1n) is 6.54. The smallest absolute Gasteiger partial charge is 0.127 e. The Bertz CT molecular complexity index is 596. The van der Waals surface area contributed by atoms with E-state index in [9.17, 15) is 5.11 Å². The first kappa shape index (κ1) is 14.1. The number of rotatable bonds is 5. The summed E-state index contributed by atoms with van der Waals surface area (Å²) in [6.45, 7) is 4.72. The van der Waals surface area contributed by atoms with Crippen LogP contribution in [0.5, 0.6) is 17.2 Å². The van der Waals surface area contributed by atoms with Crippen LogP contribution >= 0.6 is 0 Å². The van der Waals surface area contributed by atoms with Gasteiger partial charge in [0.25, 0.3) is 0 Å². The fourth-order valence-electron chi connectivity index (χ4n) is 1.97. The van der Waals surface area contributed by atoms with E-state index in [1.54, 1.807) is 18.2 Å². The van der Waals surface area contributed by atoms with E-state index in [-0.39, 0.29) is 5.75 Å². The van der Waals surface area contributed by atoms with Gasteiger partial charge in [0.05, 0.1) is 12.2 Å². The first-order chi connectivity index (χ1) is 9.61. The summed E-state index contributed by atoms with van der Waals surface area (Å²) < 4.78 is 11.3. The predicted molar refractivity (Wildman–Crippen MR) is 79.2 cm³/mol. The second kappa shape index (κ2) is 6.19. The molecule has 20 heavy (non-hydrogen) atoms. The highest BCUT2D eigenvalue weighted by atomic mass is 16.5. The zero-order chi connectivity index (χ0) is 14.5. The molecule has 0 amide bonds. The Balaban J connectivity index is 2.18. The maximum Gasteiger partial charge on any atom is 0.127 e. The van der Waals surface area contributed by atoms with Crippen LogP contribution in [0.4, 0.5) is 5.69 Å². The van der Waals surface area contributed by atoms with Crippen LogP contribution in [0.2, 0.25) is 0 Å². The van der Waals surface area contributed by atoms with E-state index in [1.807, 2.05) is 32.0 Å². The number of ether oxygens (including phenoxy) is 2. The predicted octanol–water partition coefficient (Wildman–Crippen LogP) is 3.26. The molecule has 0 unspecified atom stereocenters. The lowest BCUT2D eigenvalue weighted by atomic mass is 10.1. The van der Waals surface area contributed by atoms with Crippen LogP contribution in [-0.4, -0.2) is 11.7 Å². The van der Waals surface area contributed by atoms with E-state index in [1.165, 1.54) is 0 Å². The number of hydrogen-bond acceptors (Lipinski definition) is 4. The maximum atomic E-state index is 9.39. The molecular formula is C16H19NO3. The van der Waals surface area contributed by atoms with Crippen molar-refractivity contribution in [1.29, 1.82) is 0 Å². The summed E-state index contributed by atoms with van der Waals surface area (Å²) in [6.07, 6.45) is 0. The minimum atomic E-state index is 0.226. The number of nitrogens with two attached hydrogens (primary N) is 1. The molecule has 0 aromatic heterocycles. The summed E-state index contributed by atoms with van der Waals surface area (Å²) in [5, 5.41) is 9.39. The maximum absolute atomic E-state index is 9.39. The molecule has 0 aliphatic heterocycles. The highest BCUT2D eigenvalue weighted by Gasteiger charge is 2.09. The standard InChI is InChI=1S/C16H19NO3/c1-3-19-16-6-4-5-14(17)13(16)10-20-15-8-7-12(18)9-11(15)2/h4-9,18H,3,10,17H2,1-2H3. The molecule has 0 radical (unpaired) electrons. The van der Waals surface area contributed by atoms with Crippen molar-refractivity contribution in [2.24, 2.45) is 0 Å². The normalized spacial score (nSPS) is 10.3. The first-order valence-corrected chi connectivity index (χ1v) is 6.54. The van der Waals surface area contributed by atoms with Gasteiger partial charge in [-0.15, -0.1) is 0 Å². The van der Waals surface area contributed by atoms with Crippen molar-refractivity contribution in [2.75, 3.05) is 12.3 Å². The third-order valence-corrected chi connectivity index (χ3v) is 3.00. The Morgan fingerprint density at radius 1 is 1.10 bits per heavy atom. The molecule has 3 N–H and O–H groups in total. The van der Waals surface area contributed by atoms with Crippen LogP contribution in [0.25, 0.3) is 0 Å². The monoisotopic (exact) mass is 273 g/mol.